The monoisotopic (exact) mass is 458 g/mol. The molecule has 5 N–H and O–H groups in total. The van der Waals surface area contributed by atoms with Crippen LogP contribution < -0.4 is 15.9 Å². The summed E-state index contributed by atoms with van der Waals surface area (Å²) in [6, 6.07) is -0.967. The number of thioether (sulfide) groups is 1. The summed E-state index contributed by atoms with van der Waals surface area (Å²) < 4.78 is 4.88. The van der Waals surface area contributed by atoms with Gasteiger partial charge in [0, 0.05) is 18.2 Å². The Hall–Kier alpha value is -2.91. The minimum Gasteiger partial charge on any atom is -0.477 e. The number of rotatable bonds is 5. The topological polar surface area (TPSA) is 176 Å². The molecular weight excluding hydrogens is 440 g/mol. The van der Waals surface area contributed by atoms with Crippen molar-refractivity contribution < 1.29 is 33.9 Å². The quantitative estimate of drug-likeness (QED) is 0.0935. The first-order valence-electron chi connectivity index (χ1n) is 8.39. The molecule has 15 heteroatoms. The smallest absolute Gasteiger partial charge is 0.352 e. The Balaban J connectivity index is 1.74. The van der Waals surface area contributed by atoms with Crippen LogP contribution in [0.3, 0.4) is 0 Å². The number of aliphatic carboxylic acids is 1. The summed E-state index contributed by atoms with van der Waals surface area (Å²) in [6.07, 6.45) is 1.42. The molecule has 30 heavy (non-hydrogen) atoms. The fraction of sp³-hybridized carbons (Fsp3) is 0.400. The average Bonchev–Trinajstić information content (AvgIpc) is 3.13. The van der Waals surface area contributed by atoms with Crippen LogP contribution in [0.25, 0.3) is 0 Å². The number of carbonyl (C=O) groups excluding carboxylic acids is 3. The first-order valence-corrected chi connectivity index (χ1v) is 10.3. The molecule has 2 atom stereocenters. The summed E-state index contributed by atoms with van der Waals surface area (Å²) in [7, 11) is 1.26. The van der Waals surface area contributed by atoms with Gasteiger partial charge in [-0.25, -0.2) is 9.80 Å². The van der Waals surface area contributed by atoms with Crippen molar-refractivity contribution in [3.8, 4) is 0 Å². The van der Waals surface area contributed by atoms with Crippen molar-refractivity contribution in [2.24, 2.45) is 10.9 Å². The van der Waals surface area contributed by atoms with Gasteiger partial charge in [-0.1, -0.05) is 5.16 Å². The molecule has 3 heterocycles. The molecule has 0 bridgehead atoms. The van der Waals surface area contributed by atoms with Crippen LogP contribution in [0.2, 0.25) is 0 Å². The standard InChI is InChI=1S/C15H18N6O7S2/c1-6(22)28-4-7-5-29-14-9(13(24)21(14)10(7)15(25)26)17-12(23)11(18-27-2)20-3-8(16)30-19-20/h3,9,14,19H,4-5,16H2,1-2H3,(H,17,23)(H,25,26)/t9-,14-/m1/s1. The summed E-state index contributed by atoms with van der Waals surface area (Å²) in [6.45, 7) is 0.976. The van der Waals surface area contributed by atoms with Gasteiger partial charge in [-0.3, -0.25) is 19.3 Å². The molecule has 13 nitrogen and oxygen atoms in total. The van der Waals surface area contributed by atoms with Crippen LogP contribution in [-0.4, -0.2) is 75.5 Å². The third-order valence-electron chi connectivity index (χ3n) is 4.11. The molecular formula is C15H18N6O7S2. The number of hydrogen-bond donors (Lipinski definition) is 4. The van der Waals surface area contributed by atoms with E-state index in [0.717, 1.165) is 16.8 Å². The molecule has 0 radical (unpaired) electrons. The van der Waals surface area contributed by atoms with Crippen LogP contribution >= 0.6 is 23.7 Å². The first kappa shape index (κ1) is 21.8. The lowest BCUT2D eigenvalue weighted by Crippen LogP contribution is -2.71. The highest BCUT2D eigenvalue weighted by Gasteiger charge is 2.54. The number of carboxylic acid groups (broad SMARTS) is 1. The molecule has 1 saturated heterocycles. The van der Waals surface area contributed by atoms with E-state index in [4.69, 9.17) is 10.5 Å². The number of hydrazine groups is 1. The van der Waals surface area contributed by atoms with Crippen LogP contribution in [0.15, 0.2) is 27.7 Å². The molecule has 162 valence electrons. The molecule has 0 unspecified atom stereocenters. The van der Waals surface area contributed by atoms with Crippen LogP contribution in [0.1, 0.15) is 6.92 Å². The molecule has 0 aliphatic carbocycles. The van der Waals surface area contributed by atoms with Crippen molar-refractivity contribution in [3.63, 3.8) is 0 Å². The lowest BCUT2D eigenvalue weighted by molar-refractivity contribution is -0.150. The third kappa shape index (κ3) is 4.17. The van der Waals surface area contributed by atoms with E-state index < -0.39 is 35.2 Å². The zero-order chi connectivity index (χ0) is 22.0. The van der Waals surface area contributed by atoms with E-state index in [1.54, 1.807) is 0 Å². The number of fused-ring (bicyclic) bond motifs is 1. The van der Waals surface area contributed by atoms with Gasteiger partial charge in [0.1, 0.15) is 35.9 Å². The molecule has 0 saturated carbocycles. The SMILES string of the molecule is CON=C(C(=O)N[C@@H]1C(=O)N2C(C(=O)O)=C(COC(C)=O)CS[C@H]12)N1C=C(N)SN1. The fourth-order valence-corrected chi connectivity index (χ4v) is 4.68. The van der Waals surface area contributed by atoms with E-state index in [1.165, 1.54) is 37.0 Å². The van der Waals surface area contributed by atoms with Gasteiger partial charge in [0.15, 0.2) is 0 Å². The first-order chi connectivity index (χ1) is 14.2. The molecule has 3 rings (SSSR count). The van der Waals surface area contributed by atoms with Gasteiger partial charge in [-0.05, 0) is 11.9 Å². The molecule has 1 fully saturated rings. The Morgan fingerprint density at radius 1 is 1.47 bits per heavy atom. The number of nitrogens with zero attached hydrogens (tertiary/aromatic N) is 3. The number of carbonyl (C=O) groups is 4. The molecule has 3 aliphatic heterocycles. The maximum Gasteiger partial charge on any atom is 0.352 e. The number of amidine groups is 1. The summed E-state index contributed by atoms with van der Waals surface area (Å²) in [5, 5.41) is 16.7. The molecule has 0 aromatic rings. The summed E-state index contributed by atoms with van der Waals surface area (Å²) >= 11 is 2.30. The van der Waals surface area contributed by atoms with Crippen molar-refractivity contribution >= 4 is 53.3 Å². The number of amides is 2. The average molecular weight is 458 g/mol. The summed E-state index contributed by atoms with van der Waals surface area (Å²) in [5.74, 6) is -3.18. The Kier molecular flexibility index (Phi) is 6.42. The Morgan fingerprint density at radius 3 is 2.77 bits per heavy atom. The van der Waals surface area contributed by atoms with E-state index in [0.29, 0.717) is 10.6 Å². The predicted octanol–water partition coefficient (Wildman–Crippen LogP) is -1.53. The molecule has 0 aromatic carbocycles. The van der Waals surface area contributed by atoms with Gasteiger partial charge < -0.3 is 25.7 Å². The molecule has 3 aliphatic rings. The highest BCUT2D eigenvalue weighted by atomic mass is 32.2. The maximum absolute atomic E-state index is 12.7. The Bertz CT molecular complexity index is 889. The van der Waals surface area contributed by atoms with Crippen molar-refractivity contribution in [2.45, 2.75) is 18.3 Å². The zero-order valence-electron chi connectivity index (χ0n) is 15.8. The van der Waals surface area contributed by atoms with Crippen LogP contribution in [0, 0.1) is 0 Å². The number of nitrogens with two attached hydrogens (primary N) is 1. The van der Waals surface area contributed by atoms with E-state index >= 15 is 0 Å². The van der Waals surface area contributed by atoms with Crippen molar-refractivity contribution in [3.05, 3.63) is 22.5 Å². The number of β-lactam (4-membered cyclic amide) rings is 1. The molecule has 0 aromatic heterocycles. The van der Waals surface area contributed by atoms with Crippen LogP contribution in [0.4, 0.5) is 0 Å². The van der Waals surface area contributed by atoms with Gasteiger partial charge in [0.2, 0.25) is 0 Å². The van der Waals surface area contributed by atoms with E-state index in [9.17, 15) is 24.3 Å². The van der Waals surface area contributed by atoms with Gasteiger partial charge in [-0.15, -0.1) is 11.8 Å². The van der Waals surface area contributed by atoms with Gasteiger partial charge in [0.05, 0.1) is 6.20 Å². The Morgan fingerprint density at radius 2 is 2.20 bits per heavy atom. The van der Waals surface area contributed by atoms with Crippen LogP contribution in [0.5, 0.6) is 0 Å². The molecule has 0 spiro atoms. The predicted molar refractivity (Wildman–Crippen MR) is 106 cm³/mol. The fourth-order valence-electron chi connectivity index (χ4n) is 2.86. The van der Waals surface area contributed by atoms with E-state index in [-0.39, 0.29) is 23.9 Å². The highest BCUT2D eigenvalue weighted by molar-refractivity contribution is 8.01. The lowest BCUT2D eigenvalue weighted by Gasteiger charge is -2.49. The third-order valence-corrected chi connectivity index (χ3v) is 6.08. The van der Waals surface area contributed by atoms with Crippen molar-refractivity contribution in [1.82, 2.24) is 20.1 Å². The molecule has 2 amide bonds. The number of ether oxygens (including phenoxy) is 1. The van der Waals surface area contributed by atoms with E-state index in [2.05, 4.69) is 20.1 Å². The minimum atomic E-state index is -1.32. The number of nitrogens with one attached hydrogen (secondary N) is 2. The van der Waals surface area contributed by atoms with Gasteiger partial charge in [0.25, 0.3) is 17.6 Å². The van der Waals surface area contributed by atoms with Crippen molar-refractivity contribution in [2.75, 3.05) is 19.5 Å². The largest absolute Gasteiger partial charge is 0.477 e. The zero-order valence-corrected chi connectivity index (χ0v) is 17.4. The number of esters is 1. The number of carboxylic acids is 1. The Labute approximate surface area is 178 Å². The second kappa shape index (κ2) is 8.85. The highest BCUT2D eigenvalue weighted by Crippen LogP contribution is 2.40. The summed E-state index contributed by atoms with van der Waals surface area (Å²) in [4.78, 5) is 56.5. The second-order valence-electron chi connectivity index (χ2n) is 6.09. The number of hydrogen-bond acceptors (Lipinski definition) is 11. The van der Waals surface area contributed by atoms with Crippen LogP contribution in [-0.2, 0) is 28.8 Å². The number of oxime groups is 1. The van der Waals surface area contributed by atoms with Gasteiger partial charge in [-0.2, -0.15) is 4.83 Å². The minimum absolute atomic E-state index is 0.193. The maximum atomic E-state index is 12.7. The summed E-state index contributed by atoms with van der Waals surface area (Å²) in [5.41, 5.74) is 5.71. The second-order valence-corrected chi connectivity index (χ2v) is 8.05. The normalized spacial score (nSPS) is 23.5. The van der Waals surface area contributed by atoms with E-state index in [1.807, 2.05) is 0 Å². The lowest BCUT2D eigenvalue weighted by atomic mass is 10.0. The van der Waals surface area contributed by atoms with Crippen molar-refractivity contribution in [1.29, 1.82) is 0 Å². The van der Waals surface area contributed by atoms with Gasteiger partial charge >= 0.3 is 11.9 Å².